The first-order valence-corrected chi connectivity index (χ1v) is 12.1. The summed E-state index contributed by atoms with van der Waals surface area (Å²) in [6, 6.07) is 12.0. The van der Waals surface area contributed by atoms with Gasteiger partial charge in [-0.2, -0.15) is 0 Å². The molecule has 0 radical (unpaired) electrons. The Morgan fingerprint density at radius 3 is 2.71 bits per heavy atom. The number of amides is 1. The van der Waals surface area contributed by atoms with E-state index in [-0.39, 0.29) is 11.4 Å². The highest BCUT2D eigenvalue weighted by Crippen LogP contribution is 2.45. The second kappa shape index (κ2) is 7.92. The van der Waals surface area contributed by atoms with Crippen molar-refractivity contribution in [2.45, 2.75) is 13.0 Å². The number of hydrogen-bond acceptors (Lipinski definition) is 8. The van der Waals surface area contributed by atoms with Crippen LogP contribution in [0.15, 0.2) is 64.6 Å². The number of ether oxygens (including phenoxy) is 1. The van der Waals surface area contributed by atoms with Gasteiger partial charge in [0.05, 0.1) is 27.3 Å². The summed E-state index contributed by atoms with van der Waals surface area (Å²) >= 11 is 4.03. The van der Waals surface area contributed by atoms with Crippen molar-refractivity contribution in [3.8, 4) is 5.75 Å². The summed E-state index contributed by atoms with van der Waals surface area (Å²) in [7, 11) is 0. The van der Waals surface area contributed by atoms with E-state index in [2.05, 4.69) is 4.98 Å². The smallest absolute Gasteiger partial charge is 0.296 e. The van der Waals surface area contributed by atoms with Crippen LogP contribution in [0.4, 0.5) is 5.13 Å². The van der Waals surface area contributed by atoms with Crippen LogP contribution >= 0.6 is 34.0 Å². The number of hydrogen-bond donors (Lipinski definition) is 1. The quantitative estimate of drug-likeness (QED) is 0.373. The van der Waals surface area contributed by atoms with Gasteiger partial charge >= 0.3 is 0 Å². The van der Waals surface area contributed by atoms with Crippen LogP contribution in [0.2, 0.25) is 0 Å². The van der Waals surface area contributed by atoms with Gasteiger partial charge in [-0.15, -0.1) is 22.7 Å². The number of benzene rings is 1. The van der Waals surface area contributed by atoms with E-state index in [9.17, 15) is 14.7 Å². The monoisotopic (exact) mass is 468 g/mol. The van der Waals surface area contributed by atoms with Crippen LogP contribution in [-0.4, -0.2) is 28.4 Å². The highest BCUT2D eigenvalue weighted by atomic mass is 32.1. The molecule has 1 unspecified atom stereocenters. The van der Waals surface area contributed by atoms with E-state index in [0.717, 1.165) is 20.8 Å². The topological polar surface area (TPSA) is 79.7 Å². The van der Waals surface area contributed by atoms with Gasteiger partial charge in [0, 0.05) is 4.88 Å². The van der Waals surface area contributed by atoms with Gasteiger partial charge in [0.2, 0.25) is 5.78 Å². The number of carbonyl (C=O) groups excluding carboxylic acids is 2. The van der Waals surface area contributed by atoms with Crippen molar-refractivity contribution in [3.63, 3.8) is 0 Å². The van der Waals surface area contributed by atoms with Gasteiger partial charge in [-0.1, -0.05) is 23.5 Å². The third-order valence-corrected chi connectivity index (χ3v) is 7.69. The summed E-state index contributed by atoms with van der Waals surface area (Å²) in [5.74, 6) is -0.766. The maximum atomic E-state index is 13.2. The normalized spacial score (nSPS) is 16.5. The van der Waals surface area contributed by atoms with Gasteiger partial charge in [-0.3, -0.25) is 14.5 Å². The Labute approximate surface area is 189 Å². The van der Waals surface area contributed by atoms with Crippen molar-refractivity contribution in [1.82, 2.24) is 4.98 Å². The van der Waals surface area contributed by atoms with Crippen LogP contribution in [-0.2, 0) is 4.79 Å². The van der Waals surface area contributed by atoms with E-state index in [1.165, 1.54) is 38.9 Å². The summed E-state index contributed by atoms with van der Waals surface area (Å²) in [4.78, 5) is 33.7. The Balaban J connectivity index is 1.62. The number of nitrogens with zero attached hydrogens (tertiary/aromatic N) is 2. The number of ketones is 1. The van der Waals surface area contributed by atoms with Crippen molar-refractivity contribution in [2.75, 3.05) is 11.5 Å². The minimum Gasteiger partial charge on any atom is -0.503 e. The average molecular weight is 469 g/mol. The van der Waals surface area contributed by atoms with Crippen molar-refractivity contribution >= 4 is 61.0 Å². The molecule has 0 saturated carbocycles. The number of Topliss-reactive ketones (excluding diaryl/α,β-unsaturated/α-hetero) is 1. The van der Waals surface area contributed by atoms with E-state index in [0.29, 0.717) is 16.6 Å². The molecule has 0 aliphatic carbocycles. The number of anilines is 1. The van der Waals surface area contributed by atoms with Crippen LogP contribution in [0, 0.1) is 0 Å². The Bertz CT molecular complexity index is 1310. The Morgan fingerprint density at radius 1 is 1.19 bits per heavy atom. The third kappa shape index (κ3) is 3.34. The number of thiophene rings is 2. The summed E-state index contributed by atoms with van der Waals surface area (Å²) in [5.41, 5.74) is 0.808. The maximum absolute atomic E-state index is 13.2. The SMILES string of the molecule is CCOc1ccc2nc(N3C(=O)C(O)=C(C(=O)c4cccs4)C3c3cccs3)sc2c1. The Morgan fingerprint density at radius 2 is 2.00 bits per heavy atom. The number of rotatable bonds is 6. The lowest BCUT2D eigenvalue weighted by Gasteiger charge is -2.22. The summed E-state index contributed by atoms with van der Waals surface area (Å²) in [5, 5.41) is 14.9. The molecule has 4 heterocycles. The first-order chi connectivity index (χ1) is 15.1. The minimum absolute atomic E-state index is 0.0872. The van der Waals surface area contributed by atoms with Gasteiger partial charge < -0.3 is 9.84 Å². The molecular weight excluding hydrogens is 452 g/mol. The van der Waals surface area contributed by atoms with Crippen LogP contribution in [0.3, 0.4) is 0 Å². The molecule has 0 bridgehead atoms. The molecule has 1 N–H and O–H groups in total. The molecular formula is C22H16N2O4S3. The lowest BCUT2D eigenvalue weighted by Crippen LogP contribution is -2.30. The minimum atomic E-state index is -0.728. The molecule has 3 aromatic heterocycles. The van der Waals surface area contributed by atoms with Gasteiger partial charge in [0.1, 0.15) is 11.8 Å². The zero-order valence-corrected chi connectivity index (χ0v) is 18.7. The van der Waals surface area contributed by atoms with Crippen molar-refractivity contribution in [2.24, 2.45) is 0 Å². The standard InChI is InChI=1S/C22H16N2O4S3/c1-2-28-12-7-8-13-16(11-12)31-22(23-13)24-18(14-5-3-9-29-14)17(20(26)21(24)27)19(25)15-6-4-10-30-15/h3-11,18,26H,2H2,1H3. The number of aliphatic hydroxyl groups excluding tert-OH is 1. The molecule has 0 fully saturated rings. The van der Waals surface area contributed by atoms with E-state index >= 15 is 0 Å². The third-order valence-electron chi connectivity index (χ3n) is 4.88. The van der Waals surface area contributed by atoms with Crippen molar-refractivity contribution in [1.29, 1.82) is 0 Å². The molecule has 1 atom stereocenters. The maximum Gasteiger partial charge on any atom is 0.296 e. The molecule has 5 rings (SSSR count). The van der Waals surface area contributed by atoms with E-state index in [4.69, 9.17) is 4.74 Å². The van der Waals surface area contributed by atoms with Gasteiger partial charge in [-0.25, -0.2) is 4.98 Å². The van der Waals surface area contributed by atoms with E-state index in [1.807, 2.05) is 42.6 Å². The highest BCUT2D eigenvalue weighted by molar-refractivity contribution is 7.22. The zero-order valence-electron chi connectivity index (χ0n) is 16.3. The Kier molecular flexibility index (Phi) is 5.09. The first-order valence-electron chi connectivity index (χ1n) is 9.50. The van der Waals surface area contributed by atoms with E-state index < -0.39 is 17.7 Å². The first kappa shape index (κ1) is 19.9. The second-order valence-corrected chi connectivity index (χ2v) is 9.66. The summed E-state index contributed by atoms with van der Waals surface area (Å²) in [6.07, 6.45) is 0. The summed E-state index contributed by atoms with van der Waals surface area (Å²) in [6.45, 7) is 2.46. The highest BCUT2D eigenvalue weighted by Gasteiger charge is 2.46. The number of fused-ring (bicyclic) bond motifs is 1. The van der Waals surface area contributed by atoms with Gasteiger partial charge in [0.15, 0.2) is 10.9 Å². The molecule has 0 spiro atoms. The number of carbonyl (C=O) groups is 2. The zero-order chi connectivity index (χ0) is 21.5. The molecule has 9 heteroatoms. The van der Waals surface area contributed by atoms with Crippen LogP contribution in [0.1, 0.15) is 27.5 Å². The fourth-order valence-electron chi connectivity index (χ4n) is 3.54. The van der Waals surface area contributed by atoms with Crippen molar-refractivity contribution < 1.29 is 19.4 Å². The summed E-state index contributed by atoms with van der Waals surface area (Å²) < 4.78 is 6.42. The van der Waals surface area contributed by atoms with Gasteiger partial charge in [0.25, 0.3) is 5.91 Å². The molecule has 6 nitrogen and oxygen atoms in total. The predicted molar refractivity (Wildman–Crippen MR) is 124 cm³/mol. The number of aromatic nitrogens is 1. The molecule has 1 aliphatic rings. The van der Waals surface area contributed by atoms with Crippen LogP contribution in [0.5, 0.6) is 5.75 Å². The van der Waals surface area contributed by atoms with E-state index in [1.54, 1.807) is 17.5 Å². The Hall–Kier alpha value is -3.01. The van der Waals surface area contributed by atoms with Crippen LogP contribution < -0.4 is 9.64 Å². The second-order valence-electron chi connectivity index (χ2n) is 6.72. The predicted octanol–water partition coefficient (Wildman–Crippen LogP) is 5.60. The molecule has 31 heavy (non-hydrogen) atoms. The molecule has 1 amide bonds. The van der Waals surface area contributed by atoms with Crippen LogP contribution in [0.25, 0.3) is 10.2 Å². The molecule has 156 valence electrons. The average Bonchev–Trinajstić information content (AvgIpc) is 3.55. The fourth-order valence-corrected chi connectivity index (χ4v) is 6.07. The number of thiazole rings is 1. The largest absolute Gasteiger partial charge is 0.503 e. The molecule has 1 aliphatic heterocycles. The lowest BCUT2D eigenvalue weighted by atomic mass is 10.0. The lowest BCUT2D eigenvalue weighted by molar-refractivity contribution is -0.117. The fraction of sp³-hybridized carbons (Fsp3) is 0.136. The van der Waals surface area contributed by atoms with Gasteiger partial charge in [-0.05, 0) is 48.0 Å². The molecule has 4 aromatic rings. The van der Waals surface area contributed by atoms with Crippen molar-refractivity contribution in [3.05, 3.63) is 74.3 Å². The number of aliphatic hydroxyl groups is 1. The molecule has 1 aromatic carbocycles. The molecule has 0 saturated heterocycles.